The van der Waals surface area contributed by atoms with Gasteiger partial charge in [-0.05, 0) is 32.1 Å². The van der Waals surface area contributed by atoms with Crippen molar-refractivity contribution >= 4 is 0 Å². The molecule has 1 saturated carbocycles. The van der Waals surface area contributed by atoms with Gasteiger partial charge in [-0.2, -0.15) is 0 Å². The van der Waals surface area contributed by atoms with Crippen LogP contribution in [0.25, 0.3) is 0 Å². The number of rotatable bonds is 4. The Morgan fingerprint density at radius 2 is 2.08 bits per heavy atom. The Hall–Kier alpha value is -0.0800. The molecule has 1 fully saturated rings. The number of aliphatic hydroxyl groups excluding tert-OH is 1. The van der Waals surface area contributed by atoms with Crippen molar-refractivity contribution in [3.63, 3.8) is 0 Å². The summed E-state index contributed by atoms with van der Waals surface area (Å²) < 4.78 is 0. The van der Waals surface area contributed by atoms with Gasteiger partial charge in [0.1, 0.15) is 0 Å². The van der Waals surface area contributed by atoms with Crippen LogP contribution in [0.15, 0.2) is 0 Å². The molecular weight excluding hydrogens is 162 g/mol. The van der Waals surface area contributed by atoms with Crippen molar-refractivity contribution in [2.24, 2.45) is 5.92 Å². The molecule has 0 radical (unpaired) electrons. The van der Waals surface area contributed by atoms with Gasteiger partial charge < -0.3 is 10.4 Å². The van der Waals surface area contributed by atoms with Gasteiger partial charge in [0.2, 0.25) is 0 Å². The Morgan fingerprint density at radius 3 is 2.54 bits per heavy atom. The number of hydrogen-bond donors (Lipinski definition) is 2. The van der Waals surface area contributed by atoms with Crippen LogP contribution in [0.4, 0.5) is 0 Å². The van der Waals surface area contributed by atoms with Crippen LogP contribution in [0.1, 0.15) is 46.5 Å². The maximum Gasteiger partial charge on any atom is 0.0693 e. The first-order valence-electron chi connectivity index (χ1n) is 5.59. The molecule has 0 aromatic heterocycles. The molecule has 2 nitrogen and oxygen atoms in total. The van der Waals surface area contributed by atoms with Crippen molar-refractivity contribution in [1.82, 2.24) is 5.32 Å². The maximum absolute atomic E-state index is 9.63. The van der Waals surface area contributed by atoms with E-state index in [1.807, 2.05) is 0 Å². The molecule has 4 atom stereocenters. The van der Waals surface area contributed by atoms with Gasteiger partial charge in [-0.3, -0.25) is 0 Å². The molecule has 1 aliphatic rings. The second kappa shape index (κ2) is 4.97. The molecule has 2 heteroatoms. The Morgan fingerprint density at radius 1 is 1.38 bits per heavy atom. The fraction of sp³-hybridized carbons (Fsp3) is 1.00. The van der Waals surface area contributed by atoms with E-state index in [1.54, 1.807) is 0 Å². The van der Waals surface area contributed by atoms with E-state index < -0.39 is 0 Å². The maximum atomic E-state index is 9.63. The molecular formula is C11H23NO. The summed E-state index contributed by atoms with van der Waals surface area (Å²) in [5, 5.41) is 13.2. The third-order valence-electron chi connectivity index (χ3n) is 3.45. The topological polar surface area (TPSA) is 32.3 Å². The molecule has 0 aromatic carbocycles. The summed E-state index contributed by atoms with van der Waals surface area (Å²) in [5.74, 6) is 0.702. The predicted octanol–water partition coefficient (Wildman–Crippen LogP) is 1.92. The van der Waals surface area contributed by atoms with E-state index in [0.29, 0.717) is 18.0 Å². The highest BCUT2D eigenvalue weighted by Gasteiger charge is 2.26. The van der Waals surface area contributed by atoms with E-state index in [0.717, 1.165) is 12.8 Å². The third-order valence-corrected chi connectivity index (χ3v) is 3.45. The van der Waals surface area contributed by atoms with Gasteiger partial charge in [0.25, 0.3) is 0 Å². The smallest absolute Gasteiger partial charge is 0.0693 e. The van der Waals surface area contributed by atoms with E-state index in [9.17, 15) is 5.11 Å². The zero-order chi connectivity index (χ0) is 9.84. The van der Waals surface area contributed by atoms with Gasteiger partial charge in [0, 0.05) is 12.1 Å². The summed E-state index contributed by atoms with van der Waals surface area (Å²) in [7, 11) is 0. The molecule has 13 heavy (non-hydrogen) atoms. The molecule has 0 heterocycles. The quantitative estimate of drug-likeness (QED) is 0.701. The summed E-state index contributed by atoms with van der Waals surface area (Å²) in [5.41, 5.74) is 0. The second-order valence-corrected chi connectivity index (χ2v) is 4.45. The SMILES string of the molecule is CCC(C)C(C)N[C@H]1CCC[C@@H]1O. The highest BCUT2D eigenvalue weighted by atomic mass is 16.3. The molecule has 78 valence electrons. The summed E-state index contributed by atoms with van der Waals surface area (Å²) in [4.78, 5) is 0. The fourth-order valence-electron chi connectivity index (χ4n) is 1.99. The molecule has 0 spiro atoms. The lowest BCUT2D eigenvalue weighted by Crippen LogP contribution is -2.43. The molecule has 1 rings (SSSR count). The van der Waals surface area contributed by atoms with Crippen LogP contribution in [-0.2, 0) is 0 Å². The zero-order valence-electron chi connectivity index (χ0n) is 9.09. The first kappa shape index (κ1) is 11.0. The summed E-state index contributed by atoms with van der Waals surface area (Å²) >= 11 is 0. The first-order valence-corrected chi connectivity index (χ1v) is 5.59. The van der Waals surface area contributed by atoms with Crippen LogP contribution >= 0.6 is 0 Å². The van der Waals surface area contributed by atoms with Crippen LogP contribution in [-0.4, -0.2) is 23.3 Å². The molecule has 2 N–H and O–H groups in total. The van der Waals surface area contributed by atoms with Crippen molar-refractivity contribution in [2.75, 3.05) is 0 Å². The van der Waals surface area contributed by atoms with E-state index in [4.69, 9.17) is 0 Å². The number of hydrogen-bond acceptors (Lipinski definition) is 2. The number of aliphatic hydroxyl groups is 1. The molecule has 0 aliphatic heterocycles. The largest absolute Gasteiger partial charge is 0.392 e. The summed E-state index contributed by atoms with van der Waals surface area (Å²) in [6.07, 6.45) is 4.39. The van der Waals surface area contributed by atoms with Crippen molar-refractivity contribution in [3.8, 4) is 0 Å². The average molecular weight is 185 g/mol. The van der Waals surface area contributed by atoms with Crippen LogP contribution in [0.2, 0.25) is 0 Å². The van der Waals surface area contributed by atoms with Gasteiger partial charge in [-0.25, -0.2) is 0 Å². The molecule has 1 aliphatic carbocycles. The lowest BCUT2D eigenvalue weighted by atomic mass is 9.99. The minimum Gasteiger partial charge on any atom is -0.392 e. The Bertz CT molecular complexity index is 149. The lowest BCUT2D eigenvalue weighted by Gasteiger charge is -2.26. The zero-order valence-corrected chi connectivity index (χ0v) is 9.09. The minimum atomic E-state index is -0.105. The minimum absolute atomic E-state index is 0.105. The fourth-order valence-corrected chi connectivity index (χ4v) is 1.99. The van der Waals surface area contributed by atoms with Crippen molar-refractivity contribution in [2.45, 2.75) is 64.6 Å². The van der Waals surface area contributed by atoms with Gasteiger partial charge >= 0.3 is 0 Å². The van der Waals surface area contributed by atoms with Gasteiger partial charge in [-0.15, -0.1) is 0 Å². The van der Waals surface area contributed by atoms with Crippen LogP contribution in [0.5, 0.6) is 0 Å². The monoisotopic (exact) mass is 185 g/mol. The standard InChI is InChI=1S/C11H23NO/c1-4-8(2)9(3)12-10-6-5-7-11(10)13/h8-13H,4-7H2,1-3H3/t8?,9?,10-,11-/m0/s1. The highest BCUT2D eigenvalue weighted by molar-refractivity contribution is 4.85. The van der Waals surface area contributed by atoms with Crippen LogP contribution in [0.3, 0.4) is 0 Å². The van der Waals surface area contributed by atoms with Crippen LogP contribution < -0.4 is 5.32 Å². The Labute approximate surface area is 81.7 Å². The molecule has 0 aromatic rings. The van der Waals surface area contributed by atoms with Crippen molar-refractivity contribution in [1.29, 1.82) is 0 Å². The summed E-state index contributed by atoms with van der Waals surface area (Å²) in [6.45, 7) is 6.70. The Kier molecular flexibility index (Phi) is 4.20. The van der Waals surface area contributed by atoms with E-state index in [-0.39, 0.29) is 6.10 Å². The Balaban J connectivity index is 2.30. The first-order chi connectivity index (χ1) is 6.15. The molecule has 0 bridgehead atoms. The lowest BCUT2D eigenvalue weighted by molar-refractivity contribution is 0.138. The molecule has 0 saturated heterocycles. The highest BCUT2D eigenvalue weighted by Crippen LogP contribution is 2.20. The molecule has 2 unspecified atom stereocenters. The normalized spacial score (nSPS) is 33.2. The van der Waals surface area contributed by atoms with E-state index in [1.165, 1.54) is 12.8 Å². The van der Waals surface area contributed by atoms with Crippen molar-refractivity contribution < 1.29 is 5.11 Å². The van der Waals surface area contributed by atoms with Crippen LogP contribution in [0, 0.1) is 5.92 Å². The predicted molar refractivity (Wildman–Crippen MR) is 55.7 cm³/mol. The van der Waals surface area contributed by atoms with E-state index in [2.05, 4.69) is 26.1 Å². The second-order valence-electron chi connectivity index (χ2n) is 4.45. The van der Waals surface area contributed by atoms with Crippen molar-refractivity contribution in [3.05, 3.63) is 0 Å². The van der Waals surface area contributed by atoms with Gasteiger partial charge in [-0.1, -0.05) is 20.3 Å². The third kappa shape index (κ3) is 2.96. The molecule has 0 amide bonds. The van der Waals surface area contributed by atoms with Gasteiger partial charge in [0.15, 0.2) is 0 Å². The number of nitrogens with one attached hydrogen (secondary N) is 1. The van der Waals surface area contributed by atoms with Gasteiger partial charge in [0.05, 0.1) is 6.10 Å². The summed E-state index contributed by atoms with van der Waals surface area (Å²) in [6, 6.07) is 0.881. The van der Waals surface area contributed by atoms with E-state index >= 15 is 0 Å². The average Bonchev–Trinajstić information content (AvgIpc) is 2.50.